The summed E-state index contributed by atoms with van der Waals surface area (Å²) >= 11 is 3.29. The van der Waals surface area contributed by atoms with E-state index < -0.39 is 0 Å². The molecule has 0 rings (SSSR count). The Morgan fingerprint density at radius 3 is 2.50 bits per heavy atom. The van der Waals surface area contributed by atoms with Crippen LogP contribution < -0.4 is 0 Å². The number of esters is 1. The molecule has 0 saturated carbocycles. The van der Waals surface area contributed by atoms with Gasteiger partial charge < -0.3 is 4.74 Å². The molecule has 1 unspecified atom stereocenters. The van der Waals surface area contributed by atoms with Gasteiger partial charge in [0.15, 0.2) is 0 Å². The highest BCUT2D eigenvalue weighted by Gasteiger charge is 2.19. The molecule has 0 saturated heterocycles. The molecule has 3 heteroatoms. The van der Waals surface area contributed by atoms with Crippen molar-refractivity contribution in [1.82, 2.24) is 0 Å². The van der Waals surface area contributed by atoms with Crippen LogP contribution in [-0.2, 0) is 9.53 Å². The van der Waals surface area contributed by atoms with Crippen LogP contribution in [0.15, 0.2) is 0 Å². The number of ether oxygens (including phenoxy) is 1. The molecule has 0 N–H and O–H groups in total. The molecule has 0 amide bonds. The van der Waals surface area contributed by atoms with Crippen LogP contribution in [0.1, 0.15) is 33.6 Å². The molecule has 2 nitrogen and oxygen atoms in total. The highest BCUT2D eigenvalue weighted by molar-refractivity contribution is 9.10. The van der Waals surface area contributed by atoms with E-state index in [1.807, 2.05) is 13.8 Å². The minimum atomic E-state index is -0.158. The first kappa shape index (κ1) is 11.9. The molecule has 1 atom stereocenters. The lowest BCUT2D eigenvalue weighted by atomic mass is 10.1. The summed E-state index contributed by atoms with van der Waals surface area (Å²) in [4.78, 5) is 11.0. The van der Waals surface area contributed by atoms with Gasteiger partial charge in [0.2, 0.25) is 0 Å². The summed E-state index contributed by atoms with van der Waals surface area (Å²) in [5, 5.41) is 0. The maximum Gasteiger partial charge on any atom is 0.319 e. The Hall–Kier alpha value is -0.0500. The maximum atomic E-state index is 11.2. The van der Waals surface area contributed by atoms with Crippen molar-refractivity contribution in [3.05, 3.63) is 0 Å². The maximum absolute atomic E-state index is 11.2. The van der Waals surface area contributed by atoms with Gasteiger partial charge in [-0.25, -0.2) is 0 Å². The third kappa shape index (κ3) is 4.75. The third-order valence-corrected chi connectivity index (χ3v) is 2.98. The van der Waals surface area contributed by atoms with Crippen LogP contribution in [0, 0.1) is 5.92 Å². The number of hydrogen-bond donors (Lipinski definition) is 0. The topological polar surface area (TPSA) is 26.3 Å². The van der Waals surface area contributed by atoms with Crippen molar-refractivity contribution in [1.29, 1.82) is 0 Å². The van der Waals surface area contributed by atoms with Crippen molar-refractivity contribution in [2.24, 2.45) is 5.92 Å². The summed E-state index contributed by atoms with van der Waals surface area (Å²) in [5.41, 5.74) is 0. The Morgan fingerprint density at radius 1 is 1.50 bits per heavy atom. The quantitative estimate of drug-likeness (QED) is 0.417. The molecule has 72 valence electrons. The molecule has 0 radical (unpaired) electrons. The molecule has 0 aliphatic rings. The van der Waals surface area contributed by atoms with E-state index in [-0.39, 0.29) is 10.8 Å². The van der Waals surface area contributed by atoms with Crippen molar-refractivity contribution in [3.8, 4) is 0 Å². The van der Waals surface area contributed by atoms with Crippen molar-refractivity contribution in [2.75, 3.05) is 6.61 Å². The largest absolute Gasteiger partial charge is 0.465 e. The second kappa shape index (κ2) is 6.46. The first-order valence-electron chi connectivity index (χ1n) is 4.40. The molecule has 0 aliphatic heterocycles. The van der Waals surface area contributed by atoms with Gasteiger partial charge in [-0.3, -0.25) is 4.79 Å². The normalized spacial score (nSPS) is 13.1. The number of hydrogen-bond acceptors (Lipinski definition) is 2. The van der Waals surface area contributed by atoms with Gasteiger partial charge in [-0.05, 0) is 12.3 Å². The van der Waals surface area contributed by atoms with Gasteiger partial charge in [-0.1, -0.05) is 43.1 Å². The molecular weight excluding hydrogens is 220 g/mol. The molecular formula is C9H17BrO2. The zero-order chi connectivity index (χ0) is 9.56. The number of halogens is 1. The van der Waals surface area contributed by atoms with E-state index in [4.69, 9.17) is 4.74 Å². The molecule has 0 aromatic carbocycles. The van der Waals surface area contributed by atoms with E-state index in [1.54, 1.807) is 0 Å². The molecule has 0 heterocycles. The fourth-order valence-electron chi connectivity index (χ4n) is 0.669. The Kier molecular flexibility index (Phi) is 6.44. The number of carbonyl (C=O) groups is 1. The first-order chi connectivity index (χ1) is 5.59. The van der Waals surface area contributed by atoms with E-state index in [0.717, 1.165) is 12.8 Å². The smallest absolute Gasteiger partial charge is 0.319 e. The lowest BCUT2D eigenvalue weighted by Gasteiger charge is -2.12. The predicted octanol–water partition coefficient (Wildman–Crippen LogP) is 2.75. The number of unbranched alkanes of at least 4 members (excludes halogenated alkanes) is 1. The summed E-state index contributed by atoms with van der Waals surface area (Å²) in [6.45, 7) is 6.59. The van der Waals surface area contributed by atoms with E-state index in [2.05, 4.69) is 22.9 Å². The first-order valence-corrected chi connectivity index (χ1v) is 5.31. The van der Waals surface area contributed by atoms with Gasteiger partial charge in [0, 0.05) is 0 Å². The molecule has 0 aliphatic carbocycles. The molecule has 12 heavy (non-hydrogen) atoms. The van der Waals surface area contributed by atoms with Crippen LogP contribution >= 0.6 is 15.9 Å². The molecule has 0 aromatic heterocycles. The third-order valence-electron chi connectivity index (χ3n) is 1.55. The summed E-state index contributed by atoms with van der Waals surface area (Å²) in [7, 11) is 0. The molecule has 0 aromatic rings. The minimum Gasteiger partial charge on any atom is -0.465 e. The van der Waals surface area contributed by atoms with Crippen LogP contribution in [0.2, 0.25) is 0 Å². The van der Waals surface area contributed by atoms with Crippen molar-refractivity contribution in [2.45, 2.75) is 38.4 Å². The predicted molar refractivity (Wildman–Crippen MR) is 53.4 cm³/mol. The molecule has 0 spiro atoms. The fraction of sp³-hybridized carbons (Fsp3) is 0.889. The van der Waals surface area contributed by atoms with Crippen LogP contribution in [-0.4, -0.2) is 17.4 Å². The van der Waals surface area contributed by atoms with Gasteiger partial charge in [0.05, 0.1) is 6.61 Å². The standard InChI is InChI=1S/C9H17BrO2/c1-4-5-6-12-9(11)8(10)7(2)3/h7-8H,4-6H2,1-3H3. The van der Waals surface area contributed by atoms with Crippen molar-refractivity contribution < 1.29 is 9.53 Å². The van der Waals surface area contributed by atoms with Gasteiger partial charge in [0.1, 0.15) is 4.83 Å². The second-order valence-electron chi connectivity index (χ2n) is 3.17. The minimum absolute atomic E-state index is 0.140. The highest BCUT2D eigenvalue weighted by Crippen LogP contribution is 2.13. The summed E-state index contributed by atoms with van der Waals surface area (Å²) in [5.74, 6) is 0.151. The van der Waals surface area contributed by atoms with E-state index >= 15 is 0 Å². The van der Waals surface area contributed by atoms with E-state index in [1.165, 1.54) is 0 Å². The SMILES string of the molecule is CCCCOC(=O)C(Br)C(C)C. The van der Waals surface area contributed by atoms with E-state index in [0.29, 0.717) is 12.5 Å². The monoisotopic (exact) mass is 236 g/mol. The summed E-state index contributed by atoms with van der Waals surface area (Å²) < 4.78 is 5.02. The lowest BCUT2D eigenvalue weighted by Crippen LogP contribution is -2.22. The lowest BCUT2D eigenvalue weighted by molar-refractivity contribution is -0.143. The highest BCUT2D eigenvalue weighted by atomic mass is 79.9. The Balaban J connectivity index is 3.57. The van der Waals surface area contributed by atoms with E-state index in [9.17, 15) is 4.79 Å². The zero-order valence-corrected chi connectivity index (χ0v) is 9.56. The number of rotatable bonds is 5. The van der Waals surface area contributed by atoms with Crippen LogP contribution in [0.3, 0.4) is 0 Å². The van der Waals surface area contributed by atoms with Crippen LogP contribution in [0.5, 0.6) is 0 Å². The Labute approximate surface area is 82.8 Å². The Bertz CT molecular complexity index is 134. The van der Waals surface area contributed by atoms with Crippen molar-refractivity contribution >= 4 is 21.9 Å². The molecule has 0 fully saturated rings. The number of alkyl halides is 1. The fourth-order valence-corrected chi connectivity index (χ4v) is 0.801. The van der Waals surface area contributed by atoms with Crippen LogP contribution in [0.25, 0.3) is 0 Å². The second-order valence-corrected chi connectivity index (χ2v) is 4.15. The summed E-state index contributed by atoms with van der Waals surface area (Å²) in [6, 6.07) is 0. The average molecular weight is 237 g/mol. The average Bonchev–Trinajstić information content (AvgIpc) is 2.03. The van der Waals surface area contributed by atoms with Gasteiger partial charge in [-0.15, -0.1) is 0 Å². The van der Waals surface area contributed by atoms with Gasteiger partial charge in [0.25, 0.3) is 0 Å². The number of carbonyl (C=O) groups excluding carboxylic acids is 1. The molecule has 0 bridgehead atoms. The van der Waals surface area contributed by atoms with Gasteiger partial charge >= 0.3 is 5.97 Å². The van der Waals surface area contributed by atoms with Gasteiger partial charge in [-0.2, -0.15) is 0 Å². The van der Waals surface area contributed by atoms with Crippen LogP contribution in [0.4, 0.5) is 0 Å². The zero-order valence-electron chi connectivity index (χ0n) is 7.97. The summed E-state index contributed by atoms with van der Waals surface area (Å²) in [6.07, 6.45) is 2.01. The Morgan fingerprint density at radius 2 is 2.08 bits per heavy atom. The van der Waals surface area contributed by atoms with Crippen molar-refractivity contribution in [3.63, 3.8) is 0 Å².